The van der Waals surface area contributed by atoms with Crippen molar-refractivity contribution >= 4 is 0 Å². The lowest BCUT2D eigenvalue weighted by molar-refractivity contribution is 0.108. The first-order chi connectivity index (χ1) is 7.11. The summed E-state index contributed by atoms with van der Waals surface area (Å²) in [5.41, 5.74) is -0.529. The second kappa shape index (κ2) is 3.81. The average molecular weight is 209 g/mol. The maximum absolute atomic E-state index is 14.3. The Bertz CT molecular complexity index is 351. The van der Waals surface area contributed by atoms with Gasteiger partial charge in [0.05, 0.1) is 0 Å². The molecule has 0 aliphatic carbocycles. The number of benzene rings is 1. The van der Waals surface area contributed by atoms with Gasteiger partial charge in [0.25, 0.3) is 0 Å². The third-order valence-corrected chi connectivity index (χ3v) is 3.18. The molecular weight excluding hydrogens is 193 g/mol. The molecule has 2 unspecified atom stereocenters. The van der Waals surface area contributed by atoms with Gasteiger partial charge in [-0.2, -0.15) is 0 Å². The van der Waals surface area contributed by atoms with Crippen LogP contribution in [0.2, 0.25) is 0 Å². The number of rotatable bonds is 1. The third-order valence-electron chi connectivity index (χ3n) is 3.18. The van der Waals surface area contributed by atoms with Crippen LogP contribution in [0.25, 0.3) is 0 Å². The smallest absolute Gasteiger partial charge is 0.119 e. The van der Waals surface area contributed by atoms with Crippen LogP contribution in [0, 0.1) is 0 Å². The van der Waals surface area contributed by atoms with Crippen LogP contribution >= 0.6 is 0 Å². The molecule has 0 aromatic heterocycles. The van der Waals surface area contributed by atoms with E-state index in [-0.39, 0.29) is 11.7 Å². The third kappa shape index (κ3) is 1.97. The molecule has 2 nitrogen and oxygen atoms in total. The van der Waals surface area contributed by atoms with Crippen LogP contribution in [-0.4, -0.2) is 23.9 Å². The molecule has 0 bridgehead atoms. The topological polar surface area (TPSA) is 32.3 Å². The number of alkyl halides is 1. The normalized spacial score (nSPS) is 31.5. The molecule has 1 aliphatic rings. The molecule has 0 spiro atoms. The predicted molar refractivity (Wildman–Crippen MR) is 57.8 cm³/mol. The molecular formula is C12H16FNO. The van der Waals surface area contributed by atoms with Gasteiger partial charge in [0, 0.05) is 18.0 Å². The van der Waals surface area contributed by atoms with Crippen LogP contribution < -0.4 is 5.32 Å². The zero-order valence-electron chi connectivity index (χ0n) is 8.83. The fourth-order valence-electron chi connectivity index (χ4n) is 2.18. The Balaban J connectivity index is 2.33. The van der Waals surface area contributed by atoms with E-state index >= 15 is 0 Å². The van der Waals surface area contributed by atoms with E-state index in [1.807, 2.05) is 6.07 Å². The van der Waals surface area contributed by atoms with Gasteiger partial charge in [-0.05, 0) is 26.0 Å². The van der Waals surface area contributed by atoms with E-state index in [9.17, 15) is 9.50 Å². The number of para-hydroxylation sites is 1. The second-order valence-corrected chi connectivity index (χ2v) is 4.34. The van der Waals surface area contributed by atoms with Crippen LogP contribution in [0.15, 0.2) is 24.3 Å². The molecule has 1 aliphatic heterocycles. The van der Waals surface area contributed by atoms with Gasteiger partial charge >= 0.3 is 0 Å². The highest BCUT2D eigenvalue weighted by Gasteiger charge is 2.38. The van der Waals surface area contributed by atoms with E-state index in [2.05, 4.69) is 5.32 Å². The standard InChI is InChI=1S/C12H16FNO/c1-12(13)6-7-14-8-10(12)9-4-2-3-5-11(9)15/h2-5,10,14-15H,6-8H2,1H3. The number of aromatic hydroxyl groups is 1. The van der Waals surface area contributed by atoms with Gasteiger partial charge in [-0.15, -0.1) is 0 Å². The van der Waals surface area contributed by atoms with E-state index in [1.165, 1.54) is 0 Å². The molecule has 1 fully saturated rings. The number of phenols is 1. The zero-order valence-corrected chi connectivity index (χ0v) is 8.83. The monoisotopic (exact) mass is 209 g/mol. The molecule has 3 heteroatoms. The average Bonchev–Trinajstić information content (AvgIpc) is 2.19. The molecule has 82 valence electrons. The summed E-state index contributed by atoms with van der Waals surface area (Å²) in [5.74, 6) is -0.0671. The van der Waals surface area contributed by atoms with Crippen molar-refractivity contribution in [2.45, 2.75) is 24.9 Å². The Morgan fingerprint density at radius 3 is 2.87 bits per heavy atom. The van der Waals surface area contributed by atoms with E-state index < -0.39 is 5.67 Å². The van der Waals surface area contributed by atoms with Crippen molar-refractivity contribution in [1.29, 1.82) is 0 Å². The highest BCUT2D eigenvalue weighted by molar-refractivity contribution is 5.37. The summed E-state index contributed by atoms with van der Waals surface area (Å²) in [7, 11) is 0. The Morgan fingerprint density at radius 1 is 1.47 bits per heavy atom. The van der Waals surface area contributed by atoms with Crippen LogP contribution in [0.3, 0.4) is 0 Å². The first-order valence-corrected chi connectivity index (χ1v) is 5.29. The van der Waals surface area contributed by atoms with Gasteiger partial charge in [-0.25, -0.2) is 4.39 Å². The largest absolute Gasteiger partial charge is 0.508 e. The molecule has 2 rings (SSSR count). The summed E-state index contributed by atoms with van der Waals surface area (Å²) in [6.45, 7) is 2.91. The van der Waals surface area contributed by atoms with Gasteiger partial charge in [0.2, 0.25) is 0 Å². The second-order valence-electron chi connectivity index (χ2n) is 4.34. The molecule has 1 aromatic rings. The van der Waals surface area contributed by atoms with Crippen molar-refractivity contribution in [3.8, 4) is 5.75 Å². The van der Waals surface area contributed by atoms with Crippen molar-refractivity contribution < 1.29 is 9.50 Å². The fourth-order valence-corrected chi connectivity index (χ4v) is 2.18. The van der Waals surface area contributed by atoms with E-state index in [0.717, 1.165) is 0 Å². The highest BCUT2D eigenvalue weighted by Crippen LogP contribution is 2.39. The summed E-state index contributed by atoms with van der Waals surface area (Å²) in [6.07, 6.45) is 0.492. The molecule has 1 saturated heterocycles. The van der Waals surface area contributed by atoms with Crippen molar-refractivity contribution in [1.82, 2.24) is 5.32 Å². The summed E-state index contributed by atoms with van der Waals surface area (Å²) in [6, 6.07) is 7.00. The lowest BCUT2D eigenvalue weighted by atomic mass is 9.80. The van der Waals surface area contributed by atoms with Crippen LogP contribution in [0.5, 0.6) is 5.75 Å². The lowest BCUT2D eigenvalue weighted by Gasteiger charge is -2.35. The summed E-state index contributed by atoms with van der Waals surface area (Å²) >= 11 is 0. The van der Waals surface area contributed by atoms with Gasteiger partial charge < -0.3 is 10.4 Å². The van der Waals surface area contributed by atoms with Crippen molar-refractivity contribution in [3.05, 3.63) is 29.8 Å². The molecule has 15 heavy (non-hydrogen) atoms. The number of hydrogen-bond acceptors (Lipinski definition) is 2. The number of piperidine rings is 1. The molecule has 2 N–H and O–H groups in total. The van der Waals surface area contributed by atoms with Crippen molar-refractivity contribution in [3.63, 3.8) is 0 Å². The minimum absolute atomic E-state index is 0.190. The Labute approximate surface area is 89.1 Å². The molecule has 2 atom stereocenters. The Morgan fingerprint density at radius 2 is 2.20 bits per heavy atom. The zero-order chi connectivity index (χ0) is 10.9. The molecule has 1 heterocycles. The minimum atomic E-state index is -1.23. The SMILES string of the molecule is CC1(F)CCNCC1c1ccccc1O. The summed E-state index contributed by atoms with van der Waals surface area (Å²) in [4.78, 5) is 0. The van der Waals surface area contributed by atoms with Crippen LogP contribution in [-0.2, 0) is 0 Å². The number of phenolic OH excluding ortho intramolecular Hbond substituents is 1. The molecule has 0 radical (unpaired) electrons. The first-order valence-electron chi connectivity index (χ1n) is 5.29. The summed E-state index contributed by atoms with van der Waals surface area (Å²) in [5, 5.41) is 12.9. The maximum Gasteiger partial charge on any atom is 0.119 e. The van der Waals surface area contributed by atoms with E-state index in [4.69, 9.17) is 0 Å². The molecule has 0 amide bonds. The van der Waals surface area contributed by atoms with E-state index in [1.54, 1.807) is 25.1 Å². The number of hydrogen-bond donors (Lipinski definition) is 2. The number of halogens is 1. The fraction of sp³-hybridized carbons (Fsp3) is 0.500. The minimum Gasteiger partial charge on any atom is -0.508 e. The van der Waals surface area contributed by atoms with Crippen molar-refractivity contribution in [2.75, 3.05) is 13.1 Å². The van der Waals surface area contributed by atoms with E-state index in [0.29, 0.717) is 25.1 Å². The maximum atomic E-state index is 14.3. The highest BCUT2D eigenvalue weighted by atomic mass is 19.1. The van der Waals surface area contributed by atoms with Gasteiger partial charge in [0.15, 0.2) is 0 Å². The van der Waals surface area contributed by atoms with Gasteiger partial charge in [0.1, 0.15) is 11.4 Å². The lowest BCUT2D eigenvalue weighted by Crippen LogP contribution is -2.43. The first kappa shape index (κ1) is 10.4. The van der Waals surface area contributed by atoms with Gasteiger partial charge in [-0.1, -0.05) is 18.2 Å². The number of nitrogens with one attached hydrogen (secondary N) is 1. The quantitative estimate of drug-likeness (QED) is 0.743. The van der Waals surface area contributed by atoms with Crippen molar-refractivity contribution in [2.24, 2.45) is 0 Å². The van der Waals surface area contributed by atoms with Crippen LogP contribution in [0.4, 0.5) is 4.39 Å². The van der Waals surface area contributed by atoms with Crippen LogP contribution in [0.1, 0.15) is 24.8 Å². The summed E-state index contributed by atoms with van der Waals surface area (Å²) < 4.78 is 14.3. The Hall–Kier alpha value is -1.09. The molecule has 1 aromatic carbocycles. The Kier molecular flexibility index (Phi) is 2.65. The predicted octanol–water partition coefficient (Wildman–Crippen LogP) is 2.20. The molecule has 0 saturated carbocycles. The van der Waals surface area contributed by atoms with Gasteiger partial charge in [-0.3, -0.25) is 0 Å².